The van der Waals surface area contributed by atoms with Crippen LogP contribution in [0.4, 0.5) is 5.69 Å². The van der Waals surface area contributed by atoms with Crippen molar-refractivity contribution in [2.45, 2.75) is 18.4 Å². The Kier molecular flexibility index (Phi) is 4.41. The fraction of sp³-hybridized carbons (Fsp3) is 0.364. The highest BCUT2D eigenvalue weighted by atomic mass is 16.3. The lowest BCUT2D eigenvalue weighted by Gasteiger charge is -2.40. The third kappa shape index (κ3) is 3.18. The van der Waals surface area contributed by atoms with Crippen molar-refractivity contribution in [1.29, 1.82) is 0 Å². The number of nitrogens with zero attached hydrogens (tertiary/aromatic N) is 3. The van der Waals surface area contributed by atoms with E-state index in [1.54, 1.807) is 4.90 Å². The molecule has 1 atom stereocenters. The first-order valence-corrected chi connectivity index (χ1v) is 10.4. The van der Waals surface area contributed by atoms with E-state index in [2.05, 4.69) is 16.7 Å². The number of amides is 1. The molecule has 2 aromatic rings. The van der Waals surface area contributed by atoms with E-state index in [-0.39, 0.29) is 11.8 Å². The van der Waals surface area contributed by atoms with E-state index in [9.17, 15) is 9.90 Å². The minimum atomic E-state index is -0.641. The summed E-state index contributed by atoms with van der Waals surface area (Å²) in [6.45, 7) is 2.16. The molecule has 0 spiro atoms. The fourth-order valence-electron chi connectivity index (χ4n) is 4.15. The molecular weight excluding hydrogens is 380 g/mol. The first kappa shape index (κ1) is 18.9. The zero-order valence-electron chi connectivity index (χ0n) is 17.0. The van der Waals surface area contributed by atoms with Gasteiger partial charge in [-0.2, -0.15) is 5.01 Å². The number of benzene rings is 2. The van der Waals surface area contributed by atoms with Crippen molar-refractivity contribution in [2.75, 3.05) is 33.2 Å². The van der Waals surface area contributed by atoms with E-state index in [0.29, 0.717) is 31.4 Å². The molecule has 1 amide bonds. The number of piperazine rings is 1. The van der Waals surface area contributed by atoms with Gasteiger partial charge in [0, 0.05) is 37.5 Å². The third-order valence-electron chi connectivity index (χ3n) is 6.29. The van der Waals surface area contributed by atoms with Crippen molar-refractivity contribution >= 4 is 17.5 Å². The number of nitrogens with one attached hydrogen (secondary N) is 2. The van der Waals surface area contributed by atoms with Crippen molar-refractivity contribution in [3.63, 3.8) is 0 Å². The van der Waals surface area contributed by atoms with Gasteiger partial charge in [-0.25, -0.2) is 0 Å². The van der Waals surface area contributed by atoms with Crippen LogP contribution in [-0.4, -0.2) is 54.5 Å². The minimum absolute atomic E-state index is 0.00337. The summed E-state index contributed by atoms with van der Waals surface area (Å²) in [5, 5.41) is 22.0. The molecule has 2 aromatic carbocycles. The maximum atomic E-state index is 12.9. The molecule has 1 unspecified atom stereocenters. The number of hydrogen-bond donors (Lipinski definition) is 3. The SMILES string of the molecule is C[NH+]1NN=c2c1cccc2=c1ccc(=C([O-])N2CCN(C(=O)C3(N)CC3)CC2)cc1. The monoisotopic (exact) mass is 406 g/mol. The Labute approximate surface area is 174 Å². The maximum absolute atomic E-state index is 12.9. The summed E-state index contributed by atoms with van der Waals surface area (Å²) >= 11 is 0. The number of nitrogens with two attached hydrogens (primary N) is 1. The molecule has 30 heavy (non-hydrogen) atoms. The number of quaternary nitrogens is 1. The summed E-state index contributed by atoms with van der Waals surface area (Å²) in [5.41, 5.74) is 9.52. The molecule has 1 saturated heterocycles. The lowest BCUT2D eigenvalue weighted by molar-refractivity contribution is -0.856. The van der Waals surface area contributed by atoms with E-state index in [0.717, 1.165) is 39.3 Å². The summed E-state index contributed by atoms with van der Waals surface area (Å²) in [6, 6.07) is 13.8. The number of para-hydroxylation sites is 1. The number of rotatable bonds is 2. The van der Waals surface area contributed by atoms with Crippen molar-refractivity contribution in [2.24, 2.45) is 10.8 Å². The van der Waals surface area contributed by atoms with Gasteiger partial charge in [-0.15, -0.1) is 10.6 Å². The second-order valence-corrected chi connectivity index (χ2v) is 8.37. The number of carbonyl (C=O) groups is 1. The highest BCUT2D eigenvalue weighted by Crippen LogP contribution is 2.34. The Morgan fingerprint density at radius 1 is 1.10 bits per heavy atom. The smallest absolute Gasteiger partial charge is 0.242 e. The third-order valence-corrected chi connectivity index (χ3v) is 6.29. The predicted molar refractivity (Wildman–Crippen MR) is 109 cm³/mol. The normalized spacial score (nSPS) is 21.5. The van der Waals surface area contributed by atoms with Crippen LogP contribution in [0.1, 0.15) is 12.8 Å². The van der Waals surface area contributed by atoms with Crippen LogP contribution in [0, 0.1) is 10.4 Å². The molecule has 2 heterocycles. The van der Waals surface area contributed by atoms with Gasteiger partial charge in [0.15, 0.2) is 11.0 Å². The Hall–Kier alpha value is -3.10. The fourth-order valence-corrected chi connectivity index (χ4v) is 4.15. The van der Waals surface area contributed by atoms with Crippen LogP contribution in [0.3, 0.4) is 0 Å². The molecular formula is C22H26N6O2. The molecule has 2 aliphatic heterocycles. The van der Waals surface area contributed by atoms with Gasteiger partial charge in [0.25, 0.3) is 0 Å². The quantitative estimate of drug-likeness (QED) is 0.502. The lowest BCUT2D eigenvalue weighted by Crippen LogP contribution is -3.09. The topological polar surface area (TPSA) is 101 Å². The largest absolute Gasteiger partial charge is 0.860 e. The second kappa shape index (κ2) is 7.00. The Morgan fingerprint density at radius 2 is 1.77 bits per heavy atom. The number of carbonyl (C=O) groups excluding carboxylic acids is 1. The highest BCUT2D eigenvalue weighted by Gasteiger charge is 2.48. The van der Waals surface area contributed by atoms with Gasteiger partial charge in [-0.1, -0.05) is 36.4 Å². The van der Waals surface area contributed by atoms with Gasteiger partial charge < -0.3 is 20.6 Å². The van der Waals surface area contributed by atoms with Crippen molar-refractivity contribution < 1.29 is 14.9 Å². The van der Waals surface area contributed by atoms with Crippen LogP contribution in [-0.2, 0) is 4.79 Å². The zero-order chi connectivity index (χ0) is 20.9. The Morgan fingerprint density at radius 3 is 2.43 bits per heavy atom. The predicted octanol–water partition coefficient (Wildman–Crippen LogP) is -2.77. The van der Waals surface area contributed by atoms with Gasteiger partial charge in [-0.3, -0.25) is 4.79 Å². The van der Waals surface area contributed by atoms with E-state index >= 15 is 0 Å². The standard InChI is InChI=1S/C22H26N6O2/c1-26-18-4-2-3-17(19(18)24-25-26)15-5-7-16(8-6-15)20(29)27-11-13-28(14-12-27)21(30)22(23)9-10-22/h2-8,25,29H,9-14,23H2,1H3. The van der Waals surface area contributed by atoms with Gasteiger partial charge in [-0.05, 0) is 29.2 Å². The van der Waals surface area contributed by atoms with Crippen LogP contribution in [0.25, 0.3) is 5.88 Å². The average molecular weight is 406 g/mol. The van der Waals surface area contributed by atoms with Crippen LogP contribution in [0.15, 0.2) is 47.6 Å². The molecule has 0 aromatic heterocycles. The van der Waals surface area contributed by atoms with Crippen LogP contribution >= 0.6 is 0 Å². The van der Waals surface area contributed by atoms with Gasteiger partial charge in [0.1, 0.15) is 0 Å². The van der Waals surface area contributed by atoms with Crippen molar-refractivity contribution in [3.05, 3.63) is 63.5 Å². The maximum Gasteiger partial charge on any atom is 0.242 e. The van der Waals surface area contributed by atoms with Gasteiger partial charge >= 0.3 is 0 Å². The molecule has 8 heteroatoms. The van der Waals surface area contributed by atoms with Crippen LogP contribution in [0.5, 0.6) is 0 Å². The van der Waals surface area contributed by atoms with E-state index < -0.39 is 5.54 Å². The summed E-state index contributed by atoms with van der Waals surface area (Å²) in [7, 11) is 2.01. The molecule has 8 nitrogen and oxygen atoms in total. The Bertz CT molecular complexity index is 1190. The van der Waals surface area contributed by atoms with E-state index in [4.69, 9.17) is 5.73 Å². The summed E-state index contributed by atoms with van der Waals surface area (Å²) in [4.78, 5) is 16.0. The van der Waals surface area contributed by atoms with E-state index in [1.165, 1.54) is 0 Å². The minimum Gasteiger partial charge on any atom is -0.860 e. The molecule has 2 fully saturated rings. The molecule has 4 N–H and O–H groups in total. The zero-order valence-corrected chi connectivity index (χ0v) is 17.0. The summed E-state index contributed by atoms with van der Waals surface area (Å²) < 4.78 is 0. The van der Waals surface area contributed by atoms with Crippen LogP contribution in [0.2, 0.25) is 0 Å². The molecule has 156 valence electrons. The highest BCUT2D eigenvalue weighted by molar-refractivity contribution is 5.89. The molecule has 0 radical (unpaired) electrons. The molecule has 3 aliphatic rings. The number of fused-ring (bicyclic) bond motifs is 1. The number of hydrogen-bond acceptors (Lipinski definition) is 6. The molecule has 0 bridgehead atoms. The molecule has 1 aliphatic carbocycles. The Balaban J connectivity index is 1.40. The second-order valence-electron chi connectivity index (χ2n) is 8.37. The summed E-state index contributed by atoms with van der Waals surface area (Å²) in [5.74, 6) is 0.0260. The van der Waals surface area contributed by atoms with Crippen molar-refractivity contribution in [3.8, 4) is 0 Å². The van der Waals surface area contributed by atoms with E-state index in [1.807, 2.05) is 48.3 Å². The van der Waals surface area contributed by atoms with Gasteiger partial charge in [0.05, 0.1) is 12.6 Å². The van der Waals surface area contributed by atoms with Crippen molar-refractivity contribution in [1.82, 2.24) is 15.3 Å². The molecule has 1 saturated carbocycles. The molecule has 5 rings (SSSR count). The first-order chi connectivity index (χ1) is 14.5. The lowest BCUT2D eigenvalue weighted by atomic mass is 10.1. The summed E-state index contributed by atoms with van der Waals surface area (Å²) in [6.07, 6.45) is 1.53. The van der Waals surface area contributed by atoms with Gasteiger partial charge in [0.2, 0.25) is 5.91 Å². The first-order valence-electron chi connectivity index (χ1n) is 10.4. The average Bonchev–Trinajstić information content (AvgIpc) is 3.43. The van der Waals surface area contributed by atoms with Crippen LogP contribution < -0.4 is 32.0 Å².